The Kier molecular flexibility index (Phi) is 5.17. The molecule has 0 bridgehead atoms. The summed E-state index contributed by atoms with van der Waals surface area (Å²) < 4.78 is 1.16. The lowest BCUT2D eigenvalue weighted by atomic mass is 9.91. The number of aryl methyl sites for hydroxylation is 1. The maximum absolute atomic E-state index is 11.5. The molecule has 0 amide bonds. The first-order chi connectivity index (χ1) is 9.56. The van der Waals surface area contributed by atoms with E-state index in [1.54, 1.807) is 0 Å². The van der Waals surface area contributed by atoms with Crippen molar-refractivity contribution in [2.24, 2.45) is 5.92 Å². The molecule has 0 spiro atoms. The van der Waals surface area contributed by atoms with Gasteiger partial charge in [0.2, 0.25) is 0 Å². The third-order valence-corrected chi connectivity index (χ3v) is 4.19. The number of hydrogen-bond acceptors (Lipinski definition) is 1. The van der Waals surface area contributed by atoms with Gasteiger partial charge in [-0.25, -0.2) is 0 Å². The zero-order chi connectivity index (χ0) is 14.5. The summed E-state index contributed by atoms with van der Waals surface area (Å²) in [4.78, 5) is 11.5. The van der Waals surface area contributed by atoms with E-state index in [1.165, 1.54) is 0 Å². The molecule has 2 aromatic rings. The summed E-state index contributed by atoms with van der Waals surface area (Å²) in [6, 6.07) is 16.0. The van der Waals surface area contributed by atoms with Crippen molar-refractivity contribution in [2.45, 2.75) is 19.8 Å². The lowest BCUT2D eigenvalue weighted by molar-refractivity contribution is -0.141. The van der Waals surface area contributed by atoms with Gasteiger partial charge in [0.15, 0.2) is 0 Å². The predicted octanol–water partition coefficient (Wildman–Crippen LogP) is 4.09. The minimum absolute atomic E-state index is 0.379. The van der Waals surface area contributed by atoms with E-state index < -0.39 is 5.97 Å². The van der Waals surface area contributed by atoms with Gasteiger partial charge >= 0.3 is 5.97 Å². The Labute approximate surface area is 133 Å². The van der Waals surface area contributed by atoms with Gasteiger partial charge in [-0.3, -0.25) is 4.79 Å². The number of carboxylic acid groups (broad SMARTS) is 1. The molecule has 1 N–H and O–H groups in total. The van der Waals surface area contributed by atoms with Crippen LogP contribution in [0.3, 0.4) is 0 Å². The van der Waals surface area contributed by atoms with Gasteiger partial charge < -0.3 is 5.11 Å². The molecule has 1 unspecified atom stereocenters. The van der Waals surface area contributed by atoms with E-state index in [0.717, 1.165) is 20.3 Å². The van der Waals surface area contributed by atoms with Gasteiger partial charge in [0.1, 0.15) is 0 Å². The van der Waals surface area contributed by atoms with E-state index in [-0.39, 0.29) is 5.92 Å². The molecular weight excluding hydrogens is 363 g/mol. The predicted molar refractivity (Wildman–Crippen MR) is 88.9 cm³/mol. The molecule has 0 aliphatic rings. The van der Waals surface area contributed by atoms with Crippen molar-refractivity contribution in [3.63, 3.8) is 0 Å². The lowest BCUT2D eigenvalue weighted by Gasteiger charge is -2.14. The van der Waals surface area contributed by atoms with Gasteiger partial charge in [0, 0.05) is 3.57 Å². The van der Waals surface area contributed by atoms with Gasteiger partial charge in [-0.2, -0.15) is 0 Å². The molecule has 0 saturated carbocycles. The fourth-order valence-electron chi connectivity index (χ4n) is 2.26. The topological polar surface area (TPSA) is 37.3 Å². The van der Waals surface area contributed by atoms with Crippen LogP contribution in [-0.4, -0.2) is 11.1 Å². The molecule has 0 saturated heterocycles. The number of benzene rings is 2. The van der Waals surface area contributed by atoms with E-state index >= 15 is 0 Å². The van der Waals surface area contributed by atoms with Crippen LogP contribution in [0.5, 0.6) is 0 Å². The minimum Gasteiger partial charge on any atom is -0.481 e. The maximum atomic E-state index is 11.5. The number of hydrogen-bond donors (Lipinski definition) is 1. The van der Waals surface area contributed by atoms with E-state index in [0.29, 0.717) is 12.8 Å². The highest BCUT2D eigenvalue weighted by Gasteiger charge is 2.19. The minimum atomic E-state index is -0.730. The first kappa shape index (κ1) is 15.0. The summed E-state index contributed by atoms with van der Waals surface area (Å²) in [6.45, 7) is 2.03. The number of aliphatic carboxylic acids is 1. The van der Waals surface area contributed by atoms with Crippen LogP contribution < -0.4 is 0 Å². The molecule has 3 heteroatoms. The van der Waals surface area contributed by atoms with Crippen molar-refractivity contribution in [3.8, 4) is 0 Å². The Morgan fingerprint density at radius 2 is 1.75 bits per heavy atom. The van der Waals surface area contributed by atoms with E-state index in [4.69, 9.17) is 0 Å². The molecule has 2 aromatic carbocycles. The average molecular weight is 380 g/mol. The highest BCUT2D eigenvalue weighted by Crippen LogP contribution is 2.18. The SMILES string of the molecule is Cc1ccccc1CC(Cc1ccc(I)cc1)C(=O)O. The summed E-state index contributed by atoms with van der Waals surface area (Å²) in [6.07, 6.45) is 1.15. The average Bonchev–Trinajstić information content (AvgIpc) is 2.42. The summed E-state index contributed by atoms with van der Waals surface area (Å²) in [7, 11) is 0. The van der Waals surface area contributed by atoms with E-state index in [2.05, 4.69) is 22.6 Å². The van der Waals surface area contributed by atoms with Crippen LogP contribution in [0.1, 0.15) is 16.7 Å². The van der Waals surface area contributed by atoms with E-state index in [1.807, 2.05) is 55.5 Å². The molecule has 2 rings (SSSR count). The van der Waals surface area contributed by atoms with Gasteiger partial charge in [-0.05, 0) is 71.2 Å². The Bertz CT molecular complexity index is 590. The molecule has 1 atom stereocenters. The van der Waals surface area contributed by atoms with Gasteiger partial charge in [0.25, 0.3) is 0 Å². The quantitative estimate of drug-likeness (QED) is 0.794. The highest BCUT2D eigenvalue weighted by molar-refractivity contribution is 14.1. The summed E-state index contributed by atoms with van der Waals surface area (Å²) in [5.41, 5.74) is 3.35. The first-order valence-corrected chi connectivity index (χ1v) is 7.66. The molecule has 20 heavy (non-hydrogen) atoms. The fourth-order valence-corrected chi connectivity index (χ4v) is 2.62. The summed E-state index contributed by atoms with van der Waals surface area (Å²) in [5.74, 6) is -1.11. The normalized spacial score (nSPS) is 12.1. The Balaban J connectivity index is 2.14. The highest BCUT2D eigenvalue weighted by atomic mass is 127. The van der Waals surface area contributed by atoms with Crippen LogP contribution in [0.15, 0.2) is 48.5 Å². The number of carboxylic acids is 1. The van der Waals surface area contributed by atoms with Crippen LogP contribution in [0.2, 0.25) is 0 Å². The second-order valence-electron chi connectivity index (χ2n) is 5.00. The Morgan fingerprint density at radius 3 is 2.35 bits per heavy atom. The molecule has 0 aromatic heterocycles. The van der Waals surface area contributed by atoms with Crippen LogP contribution in [0.25, 0.3) is 0 Å². The molecule has 0 heterocycles. The van der Waals surface area contributed by atoms with Crippen molar-refractivity contribution in [1.29, 1.82) is 0 Å². The van der Waals surface area contributed by atoms with Gasteiger partial charge in [-0.15, -0.1) is 0 Å². The zero-order valence-corrected chi connectivity index (χ0v) is 13.5. The second-order valence-corrected chi connectivity index (χ2v) is 6.24. The summed E-state index contributed by atoms with van der Waals surface area (Å²) >= 11 is 2.25. The smallest absolute Gasteiger partial charge is 0.307 e. The third-order valence-electron chi connectivity index (χ3n) is 3.47. The molecule has 104 valence electrons. The second kappa shape index (κ2) is 6.88. The summed E-state index contributed by atoms with van der Waals surface area (Å²) in [5, 5.41) is 9.44. The fraction of sp³-hybridized carbons (Fsp3) is 0.235. The largest absolute Gasteiger partial charge is 0.481 e. The number of carbonyl (C=O) groups is 1. The Hall–Kier alpha value is -1.36. The van der Waals surface area contributed by atoms with Gasteiger partial charge in [0.05, 0.1) is 5.92 Å². The molecule has 0 aliphatic carbocycles. The molecule has 2 nitrogen and oxygen atoms in total. The van der Waals surface area contributed by atoms with Gasteiger partial charge in [-0.1, -0.05) is 36.4 Å². The van der Waals surface area contributed by atoms with Crippen molar-refractivity contribution >= 4 is 28.6 Å². The Morgan fingerprint density at radius 1 is 1.10 bits per heavy atom. The standard InChI is InChI=1S/C17H17IO2/c1-12-4-2-3-5-14(12)11-15(17(19)20)10-13-6-8-16(18)9-7-13/h2-9,15H,10-11H2,1H3,(H,19,20). The molecule has 0 aliphatic heterocycles. The van der Waals surface area contributed by atoms with Crippen molar-refractivity contribution in [2.75, 3.05) is 0 Å². The first-order valence-electron chi connectivity index (χ1n) is 6.58. The lowest BCUT2D eigenvalue weighted by Crippen LogP contribution is -2.19. The van der Waals surface area contributed by atoms with Crippen molar-refractivity contribution < 1.29 is 9.90 Å². The van der Waals surface area contributed by atoms with Crippen LogP contribution in [-0.2, 0) is 17.6 Å². The number of rotatable bonds is 5. The van der Waals surface area contributed by atoms with Crippen molar-refractivity contribution in [3.05, 3.63) is 68.8 Å². The third kappa shape index (κ3) is 4.07. The zero-order valence-electron chi connectivity index (χ0n) is 11.3. The van der Waals surface area contributed by atoms with E-state index in [9.17, 15) is 9.90 Å². The molecule has 0 fully saturated rings. The maximum Gasteiger partial charge on any atom is 0.307 e. The van der Waals surface area contributed by atoms with Crippen LogP contribution >= 0.6 is 22.6 Å². The molecule has 0 radical (unpaired) electrons. The van der Waals surface area contributed by atoms with Crippen LogP contribution in [0, 0.1) is 16.4 Å². The van der Waals surface area contributed by atoms with Crippen molar-refractivity contribution in [1.82, 2.24) is 0 Å². The monoisotopic (exact) mass is 380 g/mol. The number of halogens is 1. The molecular formula is C17H17IO2. The van der Waals surface area contributed by atoms with Crippen LogP contribution in [0.4, 0.5) is 0 Å².